The Kier molecular flexibility index (Phi) is 6.11. The van der Waals surface area contributed by atoms with Crippen LogP contribution in [-0.4, -0.2) is 34.2 Å². The van der Waals surface area contributed by atoms with Gasteiger partial charge in [-0.1, -0.05) is 11.6 Å². The fourth-order valence-corrected chi connectivity index (χ4v) is 2.46. The Balaban J connectivity index is 2.28. The highest BCUT2D eigenvalue weighted by Crippen LogP contribution is 2.21. The SMILES string of the molecule is CCOC(=O)Cc1cnn(C)c1NC(=O)c1cc(C)ccc1NC(C)=O. The molecule has 0 bridgehead atoms. The van der Waals surface area contributed by atoms with Gasteiger partial charge in [0.1, 0.15) is 5.82 Å². The van der Waals surface area contributed by atoms with E-state index in [0.717, 1.165) is 5.56 Å². The van der Waals surface area contributed by atoms with E-state index >= 15 is 0 Å². The molecule has 0 fully saturated rings. The summed E-state index contributed by atoms with van der Waals surface area (Å²) in [6.07, 6.45) is 1.52. The molecular weight excluding hydrogens is 336 g/mol. The number of carbonyl (C=O) groups is 3. The first-order chi connectivity index (χ1) is 12.3. The van der Waals surface area contributed by atoms with Crippen molar-refractivity contribution >= 4 is 29.3 Å². The second-order valence-corrected chi connectivity index (χ2v) is 5.81. The number of carbonyl (C=O) groups excluding carboxylic acids is 3. The number of rotatable bonds is 6. The quantitative estimate of drug-likeness (QED) is 0.770. The van der Waals surface area contributed by atoms with E-state index in [9.17, 15) is 14.4 Å². The number of aromatic nitrogens is 2. The lowest BCUT2D eigenvalue weighted by atomic mass is 10.1. The van der Waals surface area contributed by atoms with Crippen molar-refractivity contribution in [3.63, 3.8) is 0 Å². The fraction of sp³-hybridized carbons (Fsp3) is 0.333. The molecule has 1 aromatic heterocycles. The van der Waals surface area contributed by atoms with E-state index < -0.39 is 11.9 Å². The molecule has 2 rings (SSSR count). The number of aryl methyl sites for hydroxylation is 2. The lowest BCUT2D eigenvalue weighted by Crippen LogP contribution is -2.19. The lowest BCUT2D eigenvalue weighted by Gasteiger charge is -2.13. The van der Waals surface area contributed by atoms with Crippen LogP contribution in [0, 0.1) is 6.92 Å². The molecule has 0 aliphatic rings. The summed E-state index contributed by atoms with van der Waals surface area (Å²) in [7, 11) is 1.66. The van der Waals surface area contributed by atoms with Crippen molar-refractivity contribution in [2.75, 3.05) is 17.2 Å². The zero-order valence-corrected chi connectivity index (χ0v) is 15.3. The second-order valence-electron chi connectivity index (χ2n) is 5.81. The van der Waals surface area contributed by atoms with Gasteiger partial charge >= 0.3 is 5.97 Å². The summed E-state index contributed by atoms with van der Waals surface area (Å²) in [5, 5.41) is 9.50. The molecule has 0 aliphatic carbocycles. The Hall–Kier alpha value is -3.16. The van der Waals surface area contributed by atoms with E-state index in [1.807, 2.05) is 6.92 Å². The maximum absolute atomic E-state index is 12.8. The molecule has 0 aliphatic heterocycles. The minimum absolute atomic E-state index is 0.00363. The Morgan fingerprint density at radius 3 is 2.62 bits per heavy atom. The van der Waals surface area contributed by atoms with E-state index in [2.05, 4.69) is 15.7 Å². The van der Waals surface area contributed by atoms with Gasteiger partial charge in [-0.15, -0.1) is 0 Å². The largest absolute Gasteiger partial charge is 0.466 e. The minimum Gasteiger partial charge on any atom is -0.466 e. The average molecular weight is 358 g/mol. The summed E-state index contributed by atoms with van der Waals surface area (Å²) >= 11 is 0. The molecule has 138 valence electrons. The third-order valence-corrected chi connectivity index (χ3v) is 3.62. The number of ether oxygens (including phenoxy) is 1. The molecule has 0 atom stereocenters. The monoisotopic (exact) mass is 358 g/mol. The van der Waals surface area contributed by atoms with Crippen molar-refractivity contribution in [1.29, 1.82) is 0 Å². The predicted octanol–water partition coefficient (Wildman–Crippen LogP) is 2.04. The molecule has 2 N–H and O–H groups in total. The number of nitrogens with one attached hydrogen (secondary N) is 2. The van der Waals surface area contributed by atoms with Crippen molar-refractivity contribution in [3.8, 4) is 0 Å². The van der Waals surface area contributed by atoms with Gasteiger partial charge in [-0.2, -0.15) is 5.10 Å². The van der Waals surface area contributed by atoms with Gasteiger partial charge in [-0.3, -0.25) is 19.1 Å². The topological polar surface area (TPSA) is 102 Å². The Bertz CT molecular complexity index is 842. The van der Waals surface area contributed by atoms with Crippen LogP contribution < -0.4 is 10.6 Å². The number of nitrogens with zero attached hydrogens (tertiary/aromatic N) is 2. The zero-order valence-electron chi connectivity index (χ0n) is 15.3. The summed E-state index contributed by atoms with van der Waals surface area (Å²) in [5.41, 5.74) is 2.16. The van der Waals surface area contributed by atoms with Crippen LogP contribution in [0.15, 0.2) is 24.4 Å². The smallest absolute Gasteiger partial charge is 0.310 e. The number of hydrogen-bond donors (Lipinski definition) is 2. The molecular formula is C18H22N4O4. The van der Waals surface area contributed by atoms with Crippen LogP contribution in [0.1, 0.15) is 35.3 Å². The van der Waals surface area contributed by atoms with Gasteiger partial charge in [0, 0.05) is 19.5 Å². The van der Waals surface area contributed by atoms with Crippen molar-refractivity contribution in [1.82, 2.24) is 9.78 Å². The van der Waals surface area contributed by atoms with Gasteiger partial charge in [-0.25, -0.2) is 0 Å². The van der Waals surface area contributed by atoms with E-state index in [4.69, 9.17) is 4.74 Å². The maximum Gasteiger partial charge on any atom is 0.310 e. The molecule has 0 radical (unpaired) electrons. The van der Waals surface area contributed by atoms with Gasteiger partial charge in [0.25, 0.3) is 5.91 Å². The number of amides is 2. The number of benzene rings is 1. The molecule has 8 nitrogen and oxygen atoms in total. The molecule has 0 unspecified atom stereocenters. The average Bonchev–Trinajstić information content (AvgIpc) is 2.89. The minimum atomic E-state index is -0.411. The summed E-state index contributed by atoms with van der Waals surface area (Å²) in [5.74, 6) is -0.679. The number of anilines is 2. The maximum atomic E-state index is 12.8. The molecule has 2 amide bonds. The van der Waals surface area contributed by atoms with Crippen LogP contribution in [-0.2, 0) is 27.8 Å². The van der Waals surface area contributed by atoms with Crippen molar-refractivity contribution < 1.29 is 19.1 Å². The van der Waals surface area contributed by atoms with Gasteiger partial charge in [0.05, 0.1) is 30.5 Å². The first-order valence-corrected chi connectivity index (χ1v) is 8.18. The highest BCUT2D eigenvalue weighted by Gasteiger charge is 2.18. The van der Waals surface area contributed by atoms with E-state index in [1.165, 1.54) is 17.8 Å². The Morgan fingerprint density at radius 1 is 1.23 bits per heavy atom. The fourth-order valence-electron chi connectivity index (χ4n) is 2.46. The van der Waals surface area contributed by atoms with Crippen molar-refractivity contribution in [3.05, 3.63) is 41.1 Å². The van der Waals surface area contributed by atoms with Crippen molar-refractivity contribution in [2.45, 2.75) is 27.2 Å². The molecule has 0 saturated heterocycles. The lowest BCUT2D eigenvalue weighted by molar-refractivity contribution is -0.142. The van der Waals surface area contributed by atoms with Crippen LogP contribution in [0.5, 0.6) is 0 Å². The van der Waals surface area contributed by atoms with E-state index in [-0.39, 0.29) is 18.9 Å². The molecule has 0 saturated carbocycles. The van der Waals surface area contributed by atoms with Crippen LogP contribution >= 0.6 is 0 Å². The molecule has 1 aromatic carbocycles. The highest BCUT2D eigenvalue weighted by atomic mass is 16.5. The Morgan fingerprint density at radius 2 is 1.96 bits per heavy atom. The third-order valence-electron chi connectivity index (χ3n) is 3.62. The van der Waals surface area contributed by atoms with E-state index in [1.54, 1.807) is 32.2 Å². The van der Waals surface area contributed by atoms with Crippen LogP contribution in [0.3, 0.4) is 0 Å². The van der Waals surface area contributed by atoms with Gasteiger partial charge < -0.3 is 15.4 Å². The Labute approximate surface area is 151 Å². The summed E-state index contributed by atoms with van der Waals surface area (Å²) in [6, 6.07) is 5.16. The summed E-state index contributed by atoms with van der Waals surface area (Å²) in [6.45, 7) is 5.24. The summed E-state index contributed by atoms with van der Waals surface area (Å²) in [4.78, 5) is 35.9. The van der Waals surface area contributed by atoms with E-state index in [0.29, 0.717) is 22.6 Å². The molecule has 0 spiro atoms. The number of esters is 1. The van der Waals surface area contributed by atoms with Crippen LogP contribution in [0.2, 0.25) is 0 Å². The van der Waals surface area contributed by atoms with Crippen LogP contribution in [0.25, 0.3) is 0 Å². The third kappa shape index (κ3) is 4.69. The zero-order chi connectivity index (χ0) is 19.3. The standard InChI is InChI=1S/C18H22N4O4/c1-5-26-16(24)9-13-10-19-22(4)17(13)21-18(25)14-8-11(2)6-7-15(14)20-12(3)23/h6-8,10H,5,9H2,1-4H3,(H,20,23)(H,21,25). The summed E-state index contributed by atoms with van der Waals surface area (Å²) < 4.78 is 6.41. The molecule has 1 heterocycles. The highest BCUT2D eigenvalue weighted by molar-refractivity contribution is 6.10. The molecule has 8 heteroatoms. The van der Waals surface area contributed by atoms with Crippen molar-refractivity contribution in [2.24, 2.45) is 7.05 Å². The normalized spacial score (nSPS) is 10.3. The van der Waals surface area contributed by atoms with Gasteiger partial charge in [-0.05, 0) is 26.0 Å². The first kappa shape index (κ1) is 19.2. The number of hydrogen-bond acceptors (Lipinski definition) is 5. The van der Waals surface area contributed by atoms with Crippen LogP contribution in [0.4, 0.5) is 11.5 Å². The molecule has 26 heavy (non-hydrogen) atoms. The predicted molar refractivity (Wildman–Crippen MR) is 97.0 cm³/mol. The van der Waals surface area contributed by atoms with Gasteiger partial charge in [0.2, 0.25) is 5.91 Å². The second kappa shape index (κ2) is 8.28. The first-order valence-electron chi connectivity index (χ1n) is 8.18. The van der Waals surface area contributed by atoms with Gasteiger partial charge in [0.15, 0.2) is 0 Å². The molecule has 2 aromatic rings.